The van der Waals surface area contributed by atoms with Gasteiger partial charge >= 0.3 is 0 Å². The lowest BCUT2D eigenvalue weighted by Gasteiger charge is -2.09. The molecule has 102 valence electrons. The van der Waals surface area contributed by atoms with E-state index in [0.29, 0.717) is 6.04 Å². The van der Waals surface area contributed by atoms with E-state index in [9.17, 15) is 0 Å². The molecule has 0 aromatic heterocycles. The molecule has 0 unspecified atom stereocenters. The van der Waals surface area contributed by atoms with E-state index in [2.05, 4.69) is 61.6 Å². The molecule has 1 N–H and O–H groups in total. The van der Waals surface area contributed by atoms with Crippen LogP contribution in [-0.2, 0) is 11.2 Å². The second kappa shape index (κ2) is 7.27. The highest BCUT2D eigenvalue weighted by molar-refractivity contribution is 5.85. The van der Waals surface area contributed by atoms with Gasteiger partial charge in [0.2, 0.25) is 0 Å². The van der Waals surface area contributed by atoms with Crippen LogP contribution in [0.25, 0.3) is 10.8 Å². The normalized spacial score (nSPS) is 11.3. The molecule has 0 fully saturated rings. The summed E-state index contributed by atoms with van der Waals surface area (Å²) >= 11 is 0. The maximum atomic E-state index is 5.67. The average molecular weight is 257 g/mol. The van der Waals surface area contributed by atoms with Gasteiger partial charge in [-0.15, -0.1) is 0 Å². The molecule has 2 aromatic rings. The first-order chi connectivity index (χ1) is 9.27. The van der Waals surface area contributed by atoms with Crippen molar-refractivity contribution < 1.29 is 4.74 Å². The monoisotopic (exact) mass is 257 g/mol. The van der Waals surface area contributed by atoms with Crippen LogP contribution in [-0.4, -0.2) is 25.8 Å². The van der Waals surface area contributed by atoms with Gasteiger partial charge in [0.05, 0.1) is 13.2 Å². The van der Waals surface area contributed by atoms with Gasteiger partial charge in [-0.2, -0.15) is 0 Å². The Bertz CT molecular complexity index is 502. The van der Waals surface area contributed by atoms with E-state index < -0.39 is 0 Å². The van der Waals surface area contributed by atoms with Gasteiger partial charge in [-0.1, -0.05) is 56.3 Å². The molecule has 19 heavy (non-hydrogen) atoms. The molecule has 0 aliphatic carbocycles. The predicted octanol–water partition coefficient (Wildman–Crippen LogP) is 3.40. The van der Waals surface area contributed by atoms with Crippen LogP contribution >= 0.6 is 0 Å². The Balaban J connectivity index is 1.82. The first kappa shape index (κ1) is 14.0. The minimum Gasteiger partial charge on any atom is -0.380 e. The average Bonchev–Trinajstić information content (AvgIpc) is 2.42. The lowest BCUT2D eigenvalue weighted by Crippen LogP contribution is -2.26. The van der Waals surface area contributed by atoms with E-state index in [1.807, 2.05) is 0 Å². The fourth-order valence-corrected chi connectivity index (χ4v) is 2.21. The summed E-state index contributed by atoms with van der Waals surface area (Å²) < 4.78 is 5.67. The van der Waals surface area contributed by atoms with Gasteiger partial charge in [0.25, 0.3) is 0 Å². The van der Waals surface area contributed by atoms with E-state index >= 15 is 0 Å². The molecular formula is C17H23NO. The fourth-order valence-electron chi connectivity index (χ4n) is 2.21. The van der Waals surface area contributed by atoms with E-state index in [1.54, 1.807) is 0 Å². The maximum Gasteiger partial charge on any atom is 0.0591 e. The topological polar surface area (TPSA) is 21.3 Å². The number of benzene rings is 2. The lowest BCUT2D eigenvalue weighted by molar-refractivity contribution is 0.137. The smallest absolute Gasteiger partial charge is 0.0591 e. The summed E-state index contributed by atoms with van der Waals surface area (Å²) in [6.07, 6.45) is 0.975. The van der Waals surface area contributed by atoms with E-state index in [1.165, 1.54) is 16.3 Å². The van der Waals surface area contributed by atoms with E-state index in [-0.39, 0.29) is 0 Å². The Morgan fingerprint density at radius 1 is 1.00 bits per heavy atom. The Labute approximate surface area is 115 Å². The van der Waals surface area contributed by atoms with Gasteiger partial charge < -0.3 is 10.1 Å². The summed E-state index contributed by atoms with van der Waals surface area (Å²) in [6, 6.07) is 15.5. The van der Waals surface area contributed by atoms with Crippen molar-refractivity contribution in [2.75, 3.05) is 19.8 Å². The number of nitrogens with one attached hydrogen (secondary N) is 1. The number of fused-ring (bicyclic) bond motifs is 1. The van der Waals surface area contributed by atoms with Crippen molar-refractivity contribution in [1.82, 2.24) is 5.32 Å². The molecule has 0 bridgehead atoms. The zero-order valence-corrected chi connectivity index (χ0v) is 11.9. The number of rotatable bonds is 7. The quantitative estimate of drug-likeness (QED) is 0.768. The van der Waals surface area contributed by atoms with Crippen molar-refractivity contribution in [2.45, 2.75) is 26.3 Å². The summed E-state index contributed by atoms with van der Waals surface area (Å²) in [5.41, 5.74) is 1.37. The molecule has 0 saturated heterocycles. The first-order valence-corrected chi connectivity index (χ1v) is 7.05. The molecule has 2 heteroatoms. The summed E-state index contributed by atoms with van der Waals surface area (Å²) in [5.74, 6) is 0. The van der Waals surface area contributed by atoms with E-state index in [0.717, 1.165) is 26.2 Å². The standard InChI is InChI=1S/C17H23NO/c1-14(2)18-11-13-19-12-10-16-8-5-7-15-6-3-4-9-17(15)16/h3-9,14,18H,10-13H2,1-2H3. The van der Waals surface area contributed by atoms with Gasteiger partial charge in [0, 0.05) is 12.6 Å². The van der Waals surface area contributed by atoms with Crippen LogP contribution < -0.4 is 5.32 Å². The lowest BCUT2D eigenvalue weighted by atomic mass is 10.0. The van der Waals surface area contributed by atoms with Crippen LogP contribution in [0.3, 0.4) is 0 Å². The van der Waals surface area contributed by atoms with Crippen molar-refractivity contribution >= 4 is 10.8 Å². The Morgan fingerprint density at radius 2 is 1.79 bits per heavy atom. The SMILES string of the molecule is CC(C)NCCOCCc1cccc2ccccc12. The van der Waals surface area contributed by atoms with Crippen molar-refractivity contribution in [3.63, 3.8) is 0 Å². The van der Waals surface area contributed by atoms with Gasteiger partial charge in [0.1, 0.15) is 0 Å². The van der Waals surface area contributed by atoms with Crippen LogP contribution in [0.2, 0.25) is 0 Å². The second-order valence-corrected chi connectivity index (χ2v) is 5.11. The Kier molecular flexibility index (Phi) is 5.37. The molecule has 0 aliphatic heterocycles. The van der Waals surface area contributed by atoms with Crippen LogP contribution in [0.15, 0.2) is 42.5 Å². The maximum absolute atomic E-state index is 5.67. The van der Waals surface area contributed by atoms with Gasteiger partial charge in [-0.25, -0.2) is 0 Å². The minimum absolute atomic E-state index is 0.529. The molecule has 0 radical (unpaired) electrons. The van der Waals surface area contributed by atoms with Crippen molar-refractivity contribution in [1.29, 1.82) is 0 Å². The van der Waals surface area contributed by atoms with Crippen molar-refractivity contribution in [3.8, 4) is 0 Å². The Hall–Kier alpha value is -1.38. The molecule has 0 amide bonds. The first-order valence-electron chi connectivity index (χ1n) is 7.05. The molecule has 0 heterocycles. The number of ether oxygens (including phenoxy) is 1. The molecule has 0 atom stereocenters. The predicted molar refractivity (Wildman–Crippen MR) is 81.6 cm³/mol. The van der Waals surface area contributed by atoms with Crippen LogP contribution in [0, 0.1) is 0 Å². The third-order valence-electron chi connectivity index (χ3n) is 3.19. The highest BCUT2D eigenvalue weighted by Gasteiger charge is 2.00. The summed E-state index contributed by atoms with van der Waals surface area (Å²) in [5, 5.41) is 6.00. The van der Waals surface area contributed by atoms with Gasteiger partial charge in [0.15, 0.2) is 0 Å². The molecular weight excluding hydrogens is 234 g/mol. The molecule has 2 aromatic carbocycles. The molecule has 2 rings (SSSR count). The minimum atomic E-state index is 0.529. The molecule has 2 nitrogen and oxygen atoms in total. The van der Waals surface area contributed by atoms with Gasteiger partial charge in [-0.3, -0.25) is 0 Å². The number of hydrogen-bond donors (Lipinski definition) is 1. The third-order valence-corrected chi connectivity index (χ3v) is 3.19. The zero-order valence-electron chi connectivity index (χ0n) is 11.9. The summed E-state index contributed by atoms with van der Waals surface area (Å²) in [7, 11) is 0. The third kappa shape index (κ3) is 4.34. The van der Waals surface area contributed by atoms with Gasteiger partial charge in [-0.05, 0) is 22.8 Å². The zero-order chi connectivity index (χ0) is 13.5. The largest absolute Gasteiger partial charge is 0.380 e. The second-order valence-electron chi connectivity index (χ2n) is 5.11. The summed E-state index contributed by atoms with van der Waals surface area (Å²) in [4.78, 5) is 0. The van der Waals surface area contributed by atoms with E-state index in [4.69, 9.17) is 4.74 Å². The number of hydrogen-bond acceptors (Lipinski definition) is 2. The van der Waals surface area contributed by atoms with Crippen LogP contribution in [0.1, 0.15) is 19.4 Å². The summed E-state index contributed by atoms with van der Waals surface area (Å²) in [6.45, 7) is 6.79. The highest BCUT2D eigenvalue weighted by atomic mass is 16.5. The molecule has 0 aliphatic rings. The Morgan fingerprint density at radius 3 is 2.63 bits per heavy atom. The highest BCUT2D eigenvalue weighted by Crippen LogP contribution is 2.18. The molecule has 0 spiro atoms. The van der Waals surface area contributed by atoms with Crippen molar-refractivity contribution in [2.24, 2.45) is 0 Å². The van der Waals surface area contributed by atoms with Crippen LogP contribution in [0.5, 0.6) is 0 Å². The fraction of sp³-hybridized carbons (Fsp3) is 0.412. The molecule has 0 saturated carbocycles. The van der Waals surface area contributed by atoms with Crippen molar-refractivity contribution in [3.05, 3.63) is 48.0 Å². The van der Waals surface area contributed by atoms with Crippen LogP contribution in [0.4, 0.5) is 0 Å².